The Morgan fingerprint density at radius 3 is 2.86 bits per heavy atom. The van der Waals surface area contributed by atoms with Crippen molar-refractivity contribution in [3.05, 3.63) is 35.4 Å². The number of nitrogens with one attached hydrogen (secondary N) is 1. The van der Waals surface area contributed by atoms with Gasteiger partial charge in [-0.1, -0.05) is 24.3 Å². The Bertz CT molecular complexity index is 626. The van der Waals surface area contributed by atoms with Crippen LogP contribution in [-0.2, 0) is 26.2 Å². The number of hydrogen-bond donors (Lipinski definition) is 1. The lowest BCUT2D eigenvalue weighted by Crippen LogP contribution is -2.43. The summed E-state index contributed by atoms with van der Waals surface area (Å²) in [5.41, 5.74) is 1.36. The SMILES string of the molecule is CCNC(=O)CN1C(=O)CC2(CCc3ccccc32)C1=O. The molecule has 2 aliphatic rings. The molecule has 3 rings (SSSR count). The van der Waals surface area contributed by atoms with Gasteiger partial charge >= 0.3 is 0 Å². The van der Waals surface area contributed by atoms with E-state index < -0.39 is 5.41 Å². The quantitative estimate of drug-likeness (QED) is 0.834. The predicted octanol–water partition coefficient (Wildman–Crippen LogP) is 0.766. The van der Waals surface area contributed by atoms with E-state index in [1.807, 2.05) is 24.3 Å². The molecule has 0 bridgehead atoms. The first-order valence-electron chi connectivity index (χ1n) is 7.28. The van der Waals surface area contributed by atoms with E-state index in [2.05, 4.69) is 5.32 Å². The molecular formula is C16H18N2O3. The molecule has 5 heteroatoms. The molecule has 3 amide bonds. The van der Waals surface area contributed by atoms with Gasteiger partial charge in [-0.25, -0.2) is 0 Å². The van der Waals surface area contributed by atoms with Gasteiger partial charge in [-0.3, -0.25) is 19.3 Å². The van der Waals surface area contributed by atoms with Crippen LogP contribution in [0.15, 0.2) is 24.3 Å². The molecule has 21 heavy (non-hydrogen) atoms. The van der Waals surface area contributed by atoms with Gasteiger partial charge in [0.25, 0.3) is 0 Å². The summed E-state index contributed by atoms with van der Waals surface area (Å²) in [5.74, 6) is -0.755. The van der Waals surface area contributed by atoms with E-state index >= 15 is 0 Å². The first-order valence-corrected chi connectivity index (χ1v) is 7.28. The molecule has 1 aromatic carbocycles. The zero-order valence-electron chi connectivity index (χ0n) is 12.0. The maximum atomic E-state index is 12.8. The molecule has 1 atom stereocenters. The summed E-state index contributed by atoms with van der Waals surface area (Å²) in [5, 5.41) is 2.63. The second-order valence-corrected chi connectivity index (χ2v) is 5.65. The largest absolute Gasteiger partial charge is 0.355 e. The van der Waals surface area contributed by atoms with Crippen LogP contribution in [0.4, 0.5) is 0 Å². The highest BCUT2D eigenvalue weighted by Gasteiger charge is 2.55. The van der Waals surface area contributed by atoms with E-state index in [1.165, 1.54) is 0 Å². The lowest BCUT2D eigenvalue weighted by Gasteiger charge is -2.22. The average molecular weight is 286 g/mol. The number of benzene rings is 1. The number of imide groups is 1. The van der Waals surface area contributed by atoms with Crippen molar-refractivity contribution in [2.24, 2.45) is 0 Å². The standard InChI is InChI=1S/C16H18N2O3/c1-2-17-13(19)10-18-14(20)9-16(15(18)21)8-7-11-5-3-4-6-12(11)16/h3-6H,2,7-10H2,1H3,(H,17,19). The molecule has 110 valence electrons. The van der Waals surface area contributed by atoms with Gasteiger partial charge in [-0.15, -0.1) is 0 Å². The summed E-state index contributed by atoms with van der Waals surface area (Å²) in [7, 11) is 0. The second-order valence-electron chi connectivity index (χ2n) is 5.65. The summed E-state index contributed by atoms with van der Waals surface area (Å²) in [6.45, 7) is 2.12. The predicted molar refractivity (Wildman–Crippen MR) is 76.5 cm³/mol. The summed E-state index contributed by atoms with van der Waals surface area (Å²) in [6.07, 6.45) is 1.65. The number of rotatable bonds is 3. The normalized spacial score (nSPS) is 23.8. The van der Waals surface area contributed by atoms with Gasteiger partial charge in [0.15, 0.2) is 0 Å². The highest BCUT2D eigenvalue weighted by Crippen LogP contribution is 2.46. The van der Waals surface area contributed by atoms with Crippen molar-refractivity contribution in [2.75, 3.05) is 13.1 Å². The van der Waals surface area contributed by atoms with E-state index in [0.717, 1.165) is 22.4 Å². The van der Waals surface area contributed by atoms with Crippen LogP contribution in [0.2, 0.25) is 0 Å². The zero-order chi connectivity index (χ0) is 15.0. The van der Waals surface area contributed by atoms with Crippen molar-refractivity contribution in [3.63, 3.8) is 0 Å². The average Bonchev–Trinajstić information content (AvgIpc) is 2.94. The van der Waals surface area contributed by atoms with Gasteiger partial charge in [0.1, 0.15) is 6.54 Å². The van der Waals surface area contributed by atoms with E-state index in [4.69, 9.17) is 0 Å². The molecule has 5 nitrogen and oxygen atoms in total. The van der Waals surface area contributed by atoms with Crippen molar-refractivity contribution in [3.8, 4) is 0 Å². The Morgan fingerprint density at radius 2 is 2.10 bits per heavy atom. The minimum Gasteiger partial charge on any atom is -0.355 e. The van der Waals surface area contributed by atoms with Crippen molar-refractivity contribution in [1.29, 1.82) is 0 Å². The third kappa shape index (κ3) is 2.04. The summed E-state index contributed by atoms with van der Waals surface area (Å²) >= 11 is 0. The van der Waals surface area contributed by atoms with Gasteiger partial charge in [0.2, 0.25) is 17.7 Å². The smallest absolute Gasteiger partial charge is 0.240 e. The van der Waals surface area contributed by atoms with Crippen molar-refractivity contribution >= 4 is 17.7 Å². The number of amides is 3. The number of likely N-dealkylation sites (tertiary alicyclic amines) is 1. The summed E-state index contributed by atoms with van der Waals surface area (Å²) in [6, 6.07) is 7.79. The zero-order valence-corrected chi connectivity index (χ0v) is 12.0. The van der Waals surface area contributed by atoms with Crippen molar-refractivity contribution in [1.82, 2.24) is 10.2 Å². The lowest BCUT2D eigenvalue weighted by molar-refractivity contribution is -0.143. The highest BCUT2D eigenvalue weighted by molar-refractivity contribution is 6.11. The topological polar surface area (TPSA) is 66.5 Å². The molecule has 0 saturated carbocycles. The van der Waals surface area contributed by atoms with Crippen LogP contribution in [0.3, 0.4) is 0 Å². The molecule has 1 unspecified atom stereocenters. The number of carbonyl (C=O) groups excluding carboxylic acids is 3. The Hall–Kier alpha value is -2.17. The number of likely N-dealkylation sites (N-methyl/N-ethyl adjacent to an activating group) is 1. The van der Waals surface area contributed by atoms with Crippen LogP contribution in [-0.4, -0.2) is 35.7 Å². The van der Waals surface area contributed by atoms with Crippen LogP contribution in [0, 0.1) is 0 Å². The number of aryl methyl sites for hydroxylation is 1. The van der Waals surface area contributed by atoms with Crippen LogP contribution < -0.4 is 5.32 Å². The molecule has 1 aliphatic heterocycles. The van der Waals surface area contributed by atoms with Crippen LogP contribution in [0.1, 0.15) is 30.9 Å². The number of hydrogen-bond acceptors (Lipinski definition) is 3. The Kier molecular flexibility index (Phi) is 3.27. The van der Waals surface area contributed by atoms with E-state index in [9.17, 15) is 14.4 Å². The Balaban J connectivity index is 1.89. The maximum absolute atomic E-state index is 12.8. The van der Waals surface area contributed by atoms with Gasteiger partial charge in [0, 0.05) is 13.0 Å². The van der Waals surface area contributed by atoms with Gasteiger partial charge in [-0.05, 0) is 30.9 Å². The summed E-state index contributed by atoms with van der Waals surface area (Å²) in [4.78, 5) is 37.8. The molecule has 1 aromatic rings. The lowest BCUT2D eigenvalue weighted by atomic mass is 9.80. The van der Waals surface area contributed by atoms with Crippen LogP contribution in [0.25, 0.3) is 0 Å². The number of fused-ring (bicyclic) bond motifs is 2. The molecule has 1 fully saturated rings. The van der Waals surface area contributed by atoms with E-state index in [1.54, 1.807) is 6.92 Å². The van der Waals surface area contributed by atoms with E-state index in [0.29, 0.717) is 13.0 Å². The second kappa shape index (κ2) is 4.98. The summed E-state index contributed by atoms with van der Waals surface area (Å²) < 4.78 is 0. The van der Waals surface area contributed by atoms with Gasteiger partial charge in [-0.2, -0.15) is 0 Å². The molecule has 1 aliphatic carbocycles. The third-order valence-corrected chi connectivity index (χ3v) is 4.44. The first-order chi connectivity index (χ1) is 10.1. The fraction of sp³-hybridized carbons (Fsp3) is 0.438. The minimum absolute atomic E-state index is 0.171. The van der Waals surface area contributed by atoms with Gasteiger partial charge in [0.05, 0.1) is 5.41 Å². The van der Waals surface area contributed by atoms with Crippen LogP contribution >= 0.6 is 0 Å². The molecule has 1 spiro atoms. The fourth-order valence-electron chi connectivity index (χ4n) is 3.45. The molecule has 0 radical (unpaired) electrons. The number of nitrogens with zero attached hydrogens (tertiary/aromatic N) is 1. The van der Waals surface area contributed by atoms with Gasteiger partial charge < -0.3 is 5.32 Å². The maximum Gasteiger partial charge on any atom is 0.240 e. The van der Waals surface area contributed by atoms with Crippen LogP contribution in [0.5, 0.6) is 0 Å². The molecule has 1 N–H and O–H groups in total. The molecule has 0 aromatic heterocycles. The van der Waals surface area contributed by atoms with E-state index in [-0.39, 0.29) is 30.7 Å². The monoisotopic (exact) mass is 286 g/mol. The Labute approximate surface area is 123 Å². The molecule has 1 saturated heterocycles. The highest BCUT2D eigenvalue weighted by atomic mass is 16.2. The third-order valence-electron chi connectivity index (χ3n) is 4.44. The minimum atomic E-state index is -0.736. The molecule has 1 heterocycles. The first kappa shape index (κ1) is 13.8. The molecular weight excluding hydrogens is 268 g/mol. The Morgan fingerprint density at radius 1 is 1.33 bits per heavy atom. The number of carbonyl (C=O) groups is 3. The van der Waals surface area contributed by atoms with Crippen molar-refractivity contribution in [2.45, 2.75) is 31.6 Å². The van der Waals surface area contributed by atoms with Crippen molar-refractivity contribution < 1.29 is 14.4 Å². The fourth-order valence-corrected chi connectivity index (χ4v) is 3.45.